The van der Waals surface area contributed by atoms with Crippen LogP contribution in [0, 0.1) is 0 Å². The van der Waals surface area contributed by atoms with Gasteiger partial charge < -0.3 is 9.84 Å². The molecule has 0 aliphatic heterocycles. The fourth-order valence-corrected chi connectivity index (χ4v) is 1.96. The molecular formula is C18H28O3. The van der Waals surface area contributed by atoms with Gasteiger partial charge in [0.2, 0.25) is 0 Å². The Morgan fingerprint density at radius 3 is 1.86 bits per heavy atom. The summed E-state index contributed by atoms with van der Waals surface area (Å²) in [6.07, 6.45) is 0.672. The van der Waals surface area contributed by atoms with Crippen molar-refractivity contribution in [1.29, 1.82) is 0 Å². The summed E-state index contributed by atoms with van der Waals surface area (Å²) in [5.74, 6) is 0.0511. The molecule has 0 saturated carbocycles. The molecule has 1 N–H and O–H groups in total. The molecule has 118 valence electrons. The maximum Gasteiger partial charge on any atom is 0.303 e. The molecule has 0 aliphatic carbocycles. The molecule has 1 aromatic rings. The number of hydrogen-bond donors (Lipinski definition) is 1. The third-order valence-corrected chi connectivity index (χ3v) is 3.44. The highest BCUT2D eigenvalue weighted by Gasteiger charge is 2.20. The van der Waals surface area contributed by atoms with E-state index >= 15 is 0 Å². The van der Waals surface area contributed by atoms with E-state index in [1.165, 1.54) is 11.1 Å². The van der Waals surface area contributed by atoms with Crippen molar-refractivity contribution in [3.63, 3.8) is 0 Å². The molecule has 3 heteroatoms. The molecule has 0 bridgehead atoms. The molecule has 3 nitrogen and oxygen atoms in total. The van der Waals surface area contributed by atoms with Gasteiger partial charge in [0.25, 0.3) is 0 Å². The Balaban J connectivity index is 2.95. The minimum Gasteiger partial charge on any atom is -0.494 e. The average molecular weight is 292 g/mol. The second kappa shape index (κ2) is 6.50. The van der Waals surface area contributed by atoms with Gasteiger partial charge in [-0.1, -0.05) is 47.6 Å². The zero-order valence-electron chi connectivity index (χ0n) is 14.1. The highest BCUT2D eigenvalue weighted by Crippen LogP contribution is 2.32. The Morgan fingerprint density at radius 1 is 1.00 bits per heavy atom. The maximum atomic E-state index is 10.5. The monoisotopic (exact) mass is 292 g/mol. The van der Waals surface area contributed by atoms with E-state index in [2.05, 4.69) is 59.7 Å². The SMILES string of the molecule is CC(C)(C)c1cc(OCCCC(=O)O)cc(C(C)(C)C)c1. The summed E-state index contributed by atoms with van der Waals surface area (Å²) < 4.78 is 5.76. The first-order valence-electron chi connectivity index (χ1n) is 7.51. The van der Waals surface area contributed by atoms with Crippen molar-refractivity contribution in [2.75, 3.05) is 6.61 Å². The number of carbonyl (C=O) groups is 1. The van der Waals surface area contributed by atoms with Crippen LogP contribution in [0.5, 0.6) is 5.75 Å². The Bertz CT molecular complexity index is 458. The Hall–Kier alpha value is -1.51. The molecule has 1 aromatic carbocycles. The van der Waals surface area contributed by atoms with Gasteiger partial charge in [0.05, 0.1) is 6.61 Å². The molecule has 0 fully saturated rings. The van der Waals surface area contributed by atoms with Crippen LogP contribution >= 0.6 is 0 Å². The van der Waals surface area contributed by atoms with Gasteiger partial charge in [0.15, 0.2) is 0 Å². The van der Waals surface area contributed by atoms with Gasteiger partial charge in [-0.05, 0) is 40.5 Å². The summed E-state index contributed by atoms with van der Waals surface area (Å²) in [4.78, 5) is 10.5. The number of rotatable bonds is 5. The van der Waals surface area contributed by atoms with Gasteiger partial charge in [0.1, 0.15) is 5.75 Å². The first-order chi connectivity index (χ1) is 9.50. The lowest BCUT2D eigenvalue weighted by Crippen LogP contribution is -2.16. The van der Waals surface area contributed by atoms with Crippen LogP contribution in [0.15, 0.2) is 18.2 Å². The summed E-state index contributed by atoms with van der Waals surface area (Å²) in [7, 11) is 0. The quantitative estimate of drug-likeness (QED) is 0.811. The summed E-state index contributed by atoms with van der Waals surface area (Å²) >= 11 is 0. The molecular weight excluding hydrogens is 264 g/mol. The molecule has 1 rings (SSSR count). The Kier molecular flexibility index (Phi) is 5.43. The van der Waals surface area contributed by atoms with Crippen LogP contribution < -0.4 is 4.74 Å². The fraction of sp³-hybridized carbons (Fsp3) is 0.611. The summed E-state index contributed by atoms with van der Waals surface area (Å²) in [6, 6.07) is 6.37. The van der Waals surface area contributed by atoms with Crippen LogP contribution in [0.3, 0.4) is 0 Å². The summed E-state index contributed by atoms with van der Waals surface area (Å²) in [5.41, 5.74) is 2.59. The van der Waals surface area contributed by atoms with Crippen LogP contribution in [0.4, 0.5) is 0 Å². The van der Waals surface area contributed by atoms with Gasteiger partial charge in [-0.2, -0.15) is 0 Å². The van der Waals surface area contributed by atoms with Crippen molar-refractivity contribution in [3.05, 3.63) is 29.3 Å². The van der Waals surface area contributed by atoms with Crippen molar-refractivity contribution < 1.29 is 14.6 Å². The molecule has 0 radical (unpaired) electrons. The van der Waals surface area contributed by atoms with Crippen molar-refractivity contribution in [2.45, 2.75) is 65.2 Å². The number of benzene rings is 1. The first-order valence-corrected chi connectivity index (χ1v) is 7.51. The second-order valence-corrected chi connectivity index (χ2v) is 7.59. The van der Waals surface area contributed by atoms with Gasteiger partial charge in [-0.3, -0.25) is 4.79 Å². The lowest BCUT2D eigenvalue weighted by Gasteiger charge is -2.26. The fourth-order valence-electron chi connectivity index (χ4n) is 1.96. The standard InChI is InChI=1S/C18H28O3/c1-17(2,3)13-10-14(18(4,5)6)12-15(11-13)21-9-7-8-16(19)20/h10-12H,7-9H2,1-6H3,(H,19,20). The van der Waals surface area contributed by atoms with Crippen molar-refractivity contribution in [1.82, 2.24) is 0 Å². The molecule has 21 heavy (non-hydrogen) atoms. The van der Waals surface area contributed by atoms with Crippen molar-refractivity contribution in [2.24, 2.45) is 0 Å². The van der Waals surface area contributed by atoms with Crippen LogP contribution in [0.25, 0.3) is 0 Å². The van der Waals surface area contributed by atoms with E-state index in [0.29, 0.717) is 13.0 Å². The summed E-state index contributed by atoms with van der Waals surface area (Å²) in [5, 5.41) is 8.66. The van der Waals surface area contributed by atoms with Crippen molar-refractivity contribution >= 4 is 5.97 Å². The third kappa shape index (κ3) is 5.78. The smallest absolute Gasteiger partial charge is 0.303 e. The molecule has 0 unspecified atom stereocenters. The van der Waals surface area contributed by atoms with Crippen molar-refractivity contribution in [3.8, 4) is 5.75 Å². The van der Waals surface area contributed by atoms with Gasteiger partial charge >= 0.3 is 5.97 Å². The van der Waals surface area contributed by atoms with E-state index in [4.69, 9.17) is 9.84 Å². The predicted molar refractivity (Wildman–Crippen MR) is 86.2 cm³/mol. The average Bonchev–Trinajstić information content (AvgIpc) is 2.32. The van der Waals surface area contributed by atoms with Crippen LogP contribution in [-0.4, -0.2) is 17.7 Å². The topological polar surface area (TPSA) is 46.5 Å². The highest BCUT2D eigenvalue weighted by molar-refractivity contribution is 5.66. The number of carboxylic acids is 1. The second-order valence-electron chi connectivity index (χ2n) is 7.59. The molecule has 0 saturated heterocycles. The zero-order valence-corrected chi connectivity index (χ0v) is 14.1. The normalized spacial score (nSPS) is 12.3. The lowest BCUT2D eigenvalue weighted by molar-refractivity contribution is -0.137. The van der Waals surface area contributed by atoms with Crippen LogP contribution in [0.2, 0.25) is 0 Å². The number of hydrogen-bond acceptors (Lipinski definition) is 2. The number of carboxylic acid groups (broad SMARTS) is 1. The van der Waals surface area contributed by atoms with E-state index < -0.39 is 5.97 Å². The maximum absolute atomic E-state index is 10.5. The minimum atomic E-state index is -0.780. The highest BCUT2D eigenvalue weighted by atomic mass is 16.5. The minimum absolute atomic E-state index is 0.0560. The molecule has 0 amide bonds. The van der Waals surface area contributed by atoms with Crippen LogP contribution in [0.1, 0.15) is 65.5 Å². The first kappa shape index (κ1) is 17.5. The molecule has 0 aliphatic rings. The van der Waals surface area contributed by atoms with Gasteiger partial charge in [0, 0.05) is 6.42 Å². The summed E-state index contributed by atoms with van der Waals surface area (Å²) in [6.45, 7) is 13.5. The lowest BCUT2D eigenvalue weighted by atomic mass is 9.80. The third-order valence-electron chi connectivity index (χ3n) is 3.44. The number of aliphatic carboxylic acids is 1. The van der Waals surface area contributed by atoms with E-state index in [9.17, 15) is 4.79 Å². The van der Waals surface area contributed by atoms with E-state index in [1.54, 1.807) is 0 Å². The van der Waals surface area contributed by atoms with Crippen LogP contribution in [-0.2, 0) is 15.6 Å². The molecule has 0 spiro atoms. The predicted octanol–water partition coefficient (Wildman–Crippen LogP) is 4.53. The number of ether oxygens (including phenoxy) is 1. The Morgan fingerprint density at radius 2 is 1.48 bits per heavy atom. The Labute approximate surface area is 128 Å². The largest absolute Gasteiger partial charge is 0.494 e. The zero-order chi connectivity index (χ0) is 16.3. The van der Waals surface area contributed by atoms with E-state index in [0.717, 1.165) is 5.75 Å². The van der Waals surface area contributed by atoms with Gasteiger partial charge in [-0.15, -0.1) is 0 Å². The van der Waals surface area contributed by atoms with E-state index in [1.807, 2.05) is 0 Å². The molecule has 0 heterocycles. The van der Waals surface area contributed by atoms with Gasteiger partial charge in [-0.25, -0.2) is 0 Å². The van der Waals surface area contributed by atoms with E-state index in [-0.39, 0.29) is 17.3 Å². The molecule has 0 aromatic heterocycles. The molecule has 0 atom stereocenters.